The molecule has 0 atom stereocenters. The minimum atomic E-state index is 0.0751. The van der Waals surface area contributed by atoms with Gasteiger partial charge in [0.05, 0.1) is 5.75 Å². The van der Waals surface area contributed by atoms with Gasteiger partial charge in [-0.1, -0.05) is 82.1 Å². The molecule has 6 heteroatoms. The van der Waals surface area contributed by atoms with Crippen molar-refractivity contribution in [1.29, 1.82) is 0 Å². The van der Waals surface area contributed by atoms with Crippen molar-refractivity contribution in [2.45, 2.75) is 76.0 Å². The highest BCUT2D eigenvalue weighted by Gasteiger charge is 2.19. The summed E-state index contributed by atoms with van der Waals surface area (Å²) in [5.74, 6) is 1.24. The molecule has 1 fully saturated rings. The molecule has 0 saturated heterocycles. The van der Waals surface area contributed by atoms with Crippen LogP contribution in [0.1, 0.15) is 58.4 Å². The van der Waals surface area contributed by atoms with Gasteiger partial charge in [-0.05, 0) is 23.8 Å². The maximum absolute atomic E-state index is 12.4. The Morgan fingerprint density at radius 1 is 1.21 bits per heavy atom. The summed E-state index contributed by atoms with van der Waals surface area (Å²) in [6.45, 7) is 11.1. The molecule has 29 heavy (non-hydrogen) atoms. The van der Waals surface area contributed by atoms with Gasteiger partial charge >= 0.3 is 0 Å². The molecule has 0 radical (unpaired) electrons. The number of rotatable bonds is 7. The maximum Gasteiger partial charge on any atom is 0.230 e. The summed E-state index contributed by atoms with van der Waals surface area (Å²) < 4.78 is 2.03. The standard InChI is InChI=1S/C23H32N4OS/c1-5-15-27-21(17-11-13-18(14-12-17)23(2,3)4)25-26-22(27)29-16-20(28)24-19-9-7-6-8-10-19/h5,11-14,19H,1,6-10,15-16H2,2-4H3,(H,24,28). The third kappa shape index (κ3) is 5.72. The van der Waals surface area contributed by atoms with Crippen molar-refractivity contribution in [1.82, 2.24) is 20.1 Å². The minimum Gasteiger partial charge on any atom is -0.353 e. The highest BCUT2D eigenvalue weighted by Crippen LogP contribution is 2.28. The molecular weight excluding hydrogens is 380 g/mol. The van der Waals surface area contributed by atoms with Crippen molar-refractivity contribution >= 4 is 17.7 Å². The van der Waals surface area contributed by atoms with Crippen molar-refractivity contribution in [2.75, 3.05) is 5.75 Å². The summed E-state index contributed by atoms with van der Waals surface area (Å²) >= 11 is 1.44. The van der Waals surface area contributed by atoms with Crippen molar-refractivity contribution in [3.05, 3.63) is 42.5 Å². The number of thioether (sulfide) groups is 1. The number of carbonyl (C=O) groups is 1. The Bertz CT molecular complexity index is 830. The largest absolute Gasteiger partial charge is 0.353 e. The lowest BCUT2D eigenvalue weighted by molar-refractivity contribution is -0.119. The molecule has 0 bridgehead atoms. The van der Waals surface area contributed by atoms with Crippen LogP contribution >= 0.6 is 11.8 Å². The van der Waals surface area contributed by atoms with Gasteiger partial charge in [-0.15, -0.1) is 16.8 Å². The molecule has 1 aliphatic carbocycles. The zero-order valence-electron chi connectivity index (χ0n) is 17.8. The Morgan fingerprint density at radius 2 is 1.90 bits per heavy atom. The fourth-order valence-corrected chi connectivity index (χ4v) is 4.43. The number of aromatic nitrogens is 3. The lowest BCUT2D eigenvalue weighted by Crippen LogP contribution is -2.37. The fraction of sp³-hybridized carbons (Fsp3) is 0.522. The monoisotopic (exact) mass is 412 g/mol. The van der Waals surface area contributed by atoms with Crippen LogP contribution in [0.3, 0.4) is 0 Å². The Balaban J connectivity index is 1.69. The topological polar surface area (TPSA) is 59.8 Å². The average molecular weight is 413 g/mol. The predicted octanol–water partition coefficient (Wildman–Crippen LogP) is 4.97. The third-order valence-electron chi connectivity index (χ3n) is 5.34. The second-order valence-corrected chi connectivity index (χ2v) is 9.67. The number of hydrogen-bond acceptors (Lipinski definition) is 4. The smallest absolute Gasteiger partial charge is 0.230 e. The molecule has 5 nitrogen and oxygen atoms in total. The molecule has 0 unspecified atom stereocenters. The number of benzene rings is 1. The van der Waals surface area contributed by atoms with E-state index in [4.69, 9.17) is 0 Å². The number of hydrogen-bond donors (Lipinski definition) is 1. The number of nitrogens with zero attached hydrogens (tertiary/aromatic N) is 3. The van der Waals surface area contributed by atoms with E-state index in [0.29, 0.717) is 18.3 Å². The van der Waals surface area contributed by atoms with Crippen molar-refractivity contribution in [3.8, 4) is 11.4 Å². The van der Waals surface area contributed by atoms with Crippen LogP contribution < -0.4 is 5.32 Å². The summed E-state index contributed by atoms with van der Waals surface area (Å²) in [5.41, 5.74) is 2.41. The first-order valence-electron chi connectivity index (χ1n) is 10.5. The molecule has 0 spiro atoms. The lowest BCUT2D eigenvalue weighted by atomic mass is 9.87. The van der Waals surface area contributed by atoms with Crippen LogP contribution in [0.15, 0.2) is 42.1 Å². The maximum atomic E-state index is 12.4. The van der Waals surface area contributed by atoms with Gasteiger partial charge in [-0.3, -0.25) is 9.36 Å². The molecule has 1 aliphatic rings. The van der Waals surface area contributed by atoms with Crippen molar-refractivity contribution < 1.29 is 4.79 Å². The molecule has 1 aromatic heterocycles. The molecule has 1 heterocycles. The number of allylic oxidation sites excluding steroid dienone is 1. The van der Waals surface area contributed by atoms with Gasteiger partial charge in [0.1, 0.15) is 0 Å². The van der Waals surface area contributed by atoms with Crippen LogP contribution in [-0.2, 0) is 16.8 Å². The van der Waals surface area contributed by atoms with Gasteiger partial charge in [0.2, 0.25) is 5.91 Å². The Labute approximate surface area is 178 Å². The van der Waals surface area contributed by atoms with Gasteiger partial charge < -0.3 is 5.32 Å². The van der Waals surface area contributed by atoms with Crippen molar-refractivity contribution in [2.24, 2.45) is 0 Å². The molecule has 1 aromatic carbocycles. The highest BCUT2D eigenvalue weighted by atomic mass is 32.2. The summed E-state index contributed by atoms with van der Waals surface area (Å²) in [4.78, 5) is 12.4. The first kappa shape index (κ1) is 21.6. The SMILES string of the molecule is C=CCn1c(SCC(=O)NC2CCCCC2)nnc1-c1ccc(C(C)(C)C)cc1. The van der Waals surface area contributed by atoms with Crippen LogP contribution in [0, 0.1) is 0 Å². The first-order valence-corrected chi connectivity index (χ1v) is 11.4. The molecule has 1 amide bonds. The normalized spacial score (nSPS) is 15.3. The molecule has 1 N–H and O–H groups in total. The van der Waals surface area contributed by atoms with E-state index in [-0.39, 0.29) is 11.3 Å². The zero-order chi connectivity index (χ0) is 20.9. The van der Waals surface area contributed by atoms with Gasteiger partial charge in [-0.2, -0.15) is 0 Å². The van der Waals surface area contributed by atoms with E-state index in [0.717, 1.165) is 29.4 Å². The second-order valence-electron chi connectivity index (χ2n) is 8.72. The summed E-state index contributed by atoms with van der Waals surface area (Å²) in [6.07, 6.45) is 7.73. The number of nitrogens with one attached hydrogen (secondary N) is 1. The van der Waals surface area contributed by atoms with E-state index in [1.807, 2.05) is 10.6 Å². The number of amides is 1. The van der Waals surface area contributed by atoms with Gasteiger partial charge in [-0.25, -0.2) is 0 Å². The Hall–Kier alpha value is -2.08. The molecular formula is C23H32N4OS. The highest BCUT2D eigenvalue weighted by molar-refractivity contribution is 7.99. The third-order valence-corrected chi connectivity index (χ3v) is 6.31. The van der Waals surface area contributed by atoms with Crippen LogP contribution in [0.5, 0.6) is 0 Å². The van der Waals surface area contributed by atoms with Crippen LogP contribution in [-0.4, -0.2) is 32.5 Å². The molecule has 2 aromatic rings. The quantitative estimate of drug-likeness (QED) is 0.515. The van der Waals surface area contributed by atoms with E-state index in [9.17, 15) is 4.79 Å². The summed E-state index contributed by atoms with van der Waals surface area (Å²) in [7, 11) is 0. The summed E-state index contributed by atoms with van der Waals surface area (Å²) in [6, 6.07) is 8.81. The average Bonchev–Trinajstić information content (AvgIpc) is 3.09. The molecule has 1 saturated carbocycles. The zero-order valence-corrected chi connectivity index (χ0v) is 18.6. The second kappa shape index (κ2) is 9.61. The van der Waals surface area contributed by atoms with Gasteiger partial charge in [0.25, 0.3) is 0 Å². The van der Waals surface area contributed by atoms with E-state index in [2.05, 4.69) is 67.1 Å². The van der Waals surface area contributed by atoms with E-state index in [1.165, 1.54) is 36.6 Å². The van der Waals surface area contributed by atoms with Gasteiger partial charge in [0, 0.05) is 18.2 Å². The number of carbonyl (C=O) groups excluding carboxylic acids is 1. The minimum absolute atomic E-state index is 0.0751. The Kier molecular flexibility index (Phi) is 7.17. The lowest BCUT2D eigenvalue weighted by Gasteiger charge is -2.22. The van der Waals surface area contributed by atoms with Gasteiger partial charge in [0.15, 0.2) is 11.0 Å². The van der Waals surface area contributed by atoms with Crippen LogP contribution in [0.25, 0.3) is 11.4 Å². The van der Waals surface area contributed by atoms with Crippen LogP contribution in [0.4, 0.5) is 0 Å². The Morgan fingerprint density at radius 3 is 2.52 bits per heavy atom. The first-order chi connectivity index (χ1) is 13.9. The molecule has 156 valence electrons. The van der Waals surface area contributed by atoms with E-state index in [1.54, 1.807) is 0 Å². The van der Waals surface area contributed by atoms with Crippen molar-refractivity contribution in [3.63, 3.8) is 0 Å². The summed E-state index contributed by atoms with van der Waals surface area (Å²) in [5, 5.41) is 12.7. The molecule has 0 aliphatic heterocycles. The molecule has 3 rings (SSSR count). The van der Waals surface area contributed by atoms with E-state index < -0.39 is 0 Å². The van der Waals surface area contributed by atoms with Crippen LogP contribution in [0.2, 0.25) is 0 Å². The predicted molar refractivity (Wildman–Crippen MR) is 120 cm³/mol. The fourth-order valence-electron chi connectivity index (χ4n) is 3.67. The van der Waals surface area contributed by atoms with E-state index >= 15 is 0 Å².